The maximum atomic E-state index is 12.5. The molecule has 2 aliphatic carbocycles. The SMILES string of the molecule is CCC1CC2CC3c4[nH]c5ccc(OC(=O)OCCCCCCCCCOC6CC(O)CC(CO)O6)cc5c4CCN4CC12C34. The molecule has 9 heteroatoms. The Kier molecular flexibility index (Phi) is 9.44. The summed E-state index contributed by atoms with van der Waals surface area (Å²) in [4.78, 5) is 19.0. The zero-order valence-corrected chi connectivity index (χ0v) is 26.9. The van der Waals surface area contributed by atoms with Crippen LogP contribution in [0.3, 0.4) is 0 Å². The van der Waals surface area contributed by atoms with Gasteiger partial charge in [0, 0.05) is 66.5 Å². The number of aliphatic hydroxyl groups excluding tert-OH is 2. The number of nitrogens with zero attached hydrogens (tertiary/aromatic N) is 1. The molecule has 1 aromatic heterocycles. The maximum absolute atomic E-state index is 12.5. The van der Waals surface area contributed by atoms with Crippen LogP contribution in [0.15, 0.2) is 18.2 Å². The van der Waals surface area contributed by atoms with Gasteiger partial charge >= 0.3 is 6.16 Å². The Morgan fingerprint density at radius 1 is 1.07 bits per heavy atom. The second-order valence-electron chi connectivity index (χ2n) is 14.4. The minimum Gasteiger partial charge on any atom is -0.434 e. The highest BCUT2D eigenvalue weighted by molar-refractivity contribution is 5.87. The number of hydrogen-bond donors (Lipinski definition) is 3. The third kappa shape index (κ3) is 6.04. The molecule has 0 bridgehead atoms. The van der Waals surface area contributed by atoms with Crippen molar-refractivity contribution in [2.45, 2.75) is 121 Å². The minimum atomic E-state index is -0.625. The van der Waals surface area contributed by atoms with Crippen molar-refractivity contribution in [2.75, 3.05) is 32.9 Å². The van der Waals surface area contributed by atoms with Crippen LogP contribution >= 0.6 is 0 Å². The molecule has 0 radical (unpaired) electrons. The molecule has 2 aromatic rings. The normalized spacial score (nSPS) is 33.4. The Morgan fingerprint density at radius 3 is 2.67 bits per heavy atom. The maximum Gasteiger partial charge on any atom is 0.513 e. The number of aliphatic hydroxyl groups is 2. The van der Waals surface area contributed by atoms with E-state index in [2.05, 4.69) is 22.9 Å². The molecule has 2 saturated carbocycles. The molecule has 9 nitrogen and oxygen atoms in total. The Morgan fingerprint density at radius 2 is 1.87 bits per heavy atom. The summed E-state index contributed by atoms with van der Waals surface area (Å²) in [6, 6.07) is 6.68. The van der Waals surface area contributed by atoms with Crippen LogP contribution in [-0.2, 0) is 20.6 Å². The Labute approximate surface area is 266 Å². The molecule has 248 valence electrons. The van der Waals surface area contributed by atoms with Gasteiger partial charge in [0.1, 0.15) is 5.75 Å². The first-order valence-corrected chi connectivity index (χ1v) is 17.8. The quantitative estimate of drug-likeness (QED) is 0.132. The van der Waals surface area contributed by atoms with E-state index in [4.69, 9.17) is 18.9 Å². The van der Waals surface area contributed by atoms with Gasteiger partial charge in [0.15, 0.2) is 6.29 Å². The Bertz CT molecular complexity index is 1330. The summed E-state index contributed by atoms with van der Waals surface area (Å²) in [5, 5.41) is 20.3. The van der Waals surface area contributed by atoms with E-state index in [1.54, 1.807) is 0 Å². The number of benzene rings is 1. The van der Waals surface area contributed by atoms with Crippen LogP contribution in [0.2, 0.25) is 0 Å². The van der Waals surface area contributed by atoms with Gasteiger partial charge in [-0.15, -0.1) is 0 Å². The summed E-state index contributed by atoms with van der Waals surface area (Å²) < 4.78 is 22.4. The molecular weight excluding hydrogens is 572 g/mol. The van der Waals surface area contributed by atoms with Crippen LogP contribution in [0, 0.1) is 17.3 Å². The number of H-pyrrole nitrogens is 1. The zero-order chi connectivity index (χ0) is 31.0. The number of aromatic nitrogens is 1. The van der Waals surface area contributed by atoms with E-state index in [1.807, 2.05) is 12.1 Å². The van der Waals surface area contributed by atoms with E-state index >= 15 is 0 Å². The van der Waals surface area contributed by atoms with Gasteiger partial charge in [-0.3, -0.25) is 4.90 Å². The van der Waals surface area contributed by atoms with Crippen molar-refractivity contribution in [2.24, 2.45) is 17.3 Å². The summed E-state index contributed by atoms with van der Waals surface area (Å²) in [5.41, 5.74) is 4.60. The highest BCUT2D eigenvalue weighted by atomic mass is 16.7. The predicted octanol–water partition coefficient (Wildman–Crippen LogP) is 6.05. The molecule has 8 unspecified atom stereocenters. The monoisotopic (exact) mass is 624 g/mol. The van der Waals surface area contributed by atoms with Crippen molar-refractivity contribution in [1.29, 1.82) is 0 Å². The molecule has 2 saturated heterocycles. The summed E-state index contributed by atoms with van der Waals surface area (Å²) in [5.74, 6) is 2.96. The number of fused-ring (bicyclic) bond motifs is 4. The van der Waals surface area contributed by atoms with Crippen molar-refractivity contribution in [3.63, 3.8) is 0 Å². The second-order valence-corrected chi connectivity index (χ2v) is 14.4. The molecule has 3 N–H and O–H groups in total. The molecule has 1 aromatic carbocycles. The third-order valence-electron chi connectivity index (χ3n) is 11.9. The van der Waals surface area contributed by atoms with Crippen LogP contribution in [0.5, 0.6) is 5.75 Å². The molecule has 1 spiro atoms. The fourth-order valence-corrected chi connectivity index (χ4v) is 9.80. The first-order chi connectivity index (χ1) is 22.0. The lowest BCUT2D eigenvalue weighted by Crippen LogP contribution is -2.72. The van der Waals surface area contributed by atoms with Gasteiger partial charge in [0.25, 0.3) is 0 Å². The van der Waals surface area contributed by atoms with Gasteiger partial charge in [-0.05, 0) is 67.7 Å². The zero-order valence-electron chi connectivity index (χ0n) is 26.9. The standard InChI is InChI=1S/C36H52N2O7/c1-2-23-16-24-17-30-33-28(12-13-38-22-36(23,24)34(30)38)29-20-26(10-11-31(29)37-33)45-35(41)43-15-9-7-5-3-4-6-8-14-42-32-19-25(40)18-27(21-39)44-32/h10-11,20,23-25,27,30,32,34,37,39-40H,2-9,12-19,21-22H2,1H3. The first kappa shape index (κ1) is 31.4. The fraction of sp³-hybridized carbons (Fsp3) is 0.750. The number of carbonyl (C=O) groups excluding carboxylic acids is 1. The second kappa shape index (κ2) is 13.5. The molecule has 5 aliphatic rings. The smallest absolute Gasteiger partial charge is 0.434 e. The van der Waals surface area contributed by atoms with Gasteiger partial charge in [-0.25, -0.2) is 4.79 Å². The predicted molar refractivity (Wildman–Crippen MR) is 170 cm³/mol. The van der Waals surface area contributed by atoms with Crippen molar-refractivity contribution < 1.29 is 34.0 Å². The van der Waals surface area contributed by atoms with Crippen molar-refractivity contribution in [3.8, 4) is 5.75 Å². The Balaban J connectivity index is 0.796. The molecule has 4 fully saturated rings. The number of hydrogen-bond acceptors (Lipinski definition) is 8. The lowest BCUT2D eigenvalue weighted by atomic mass is 9.48. The molecule has 0 amide bonds. The highest BCUT2D eigenvalue weighted by Gasteiger charge is 2.72. The fourth-order valence-electron chi connectivity index (χ4n) is 9.80. The van der Waals surface area contributed by atoms with Crippen LogP contribution in [-0.4, -0.2) is 83.7 Å². The Hall–Kier alpha value is -2.17. The lowest BCUT2D eigenvalue weighted by Gasteiger charge is -2.67. The number of unbranched alkanes of at least 4 members (excludes halogenated alkanes) is 6. The number of carbonyl (C=O) groups is 1. The summed E-state index contributed by atoms with van der Waals surface area (Å²) >= 11 is 0. The van der Waals surface area contributed by atoms with E-state index in [-0.39, 0.29) is 12.7 Å². The van der Waals surface area contributed by atoms with Gasteiger partial charge in [-0.1, -0.05) is 45.4 Å². The summed E-state index contributed by atoms with van der Waals surface area (Å²) in [6.07, 6.45) is 11.4. The topological polar surface area (TPSA) is 113 Å². The van der Waals surface area contributed by atoms with E-state index in [1.165, 1.54) is 42.5 Å². The molecule has 4 heterocycles. The van der Waals surface area contributed by atoms with Crippen LogP contribution in [0.25, 0.3) is 10.9 Å². The van der Waals surface area contributed by atoms with Crippen molar-refractivity contribution in [3.05, 3.63) is 29.5 Å². The number of nitrogens with one attached hydrogen (secondary N) is 1. The number of rotatable bonds is 14. The van der Waals surface area contributed by atoms with E-state index < -0.39 is 18.5 Å². The lowest BCUT2D eigenvalue weighted by molar-refractivity contribution is -0.221. The summed E-state index contributed by atoms with van der Waals surface area (Å²) in [6.45, 7) is 5.69. The first-order valence-electron chi connectivity index (χ1n) is 17.8. The van der Waals surface area contributed by atoms with E-state index in [0.717, 1.165) is 75.3 Å². The molecule has 45 heavy (non-hydrogen) atoms. The van der Waals surface area contributed by atoms with Crippen molar-refractivity contribution in [1.82, 2.24) is 9.88 Å². The minimum absolute atomic E-state index is 0.0883. The van der Waals surface area contributed by atoms with Gasteiger partial charge in [-0.2, -0.15) is 0 Å². The molecule has 7 rings (SSSR count). The van der Waals surface area contributed by atoms with Crippen LogP contribution < -0.4 is 4.74 Å². The van der Waals surface area contributed by atoms with Crippen LogP contribution in [0.1, 0.15) is 101 Å². The third-order valence-corrected chi connectivity index (χ3v) is 11.9. The number of ether oxygens (including phenoxy) is 4. The molecule has 3 aliphatic heterocycles. The molecular formula is C36H52N2O7. The average molecular weight is 625 g/mol. The number of aromatic amines is 1. The van der Waals surface area contributed by atoms with Crippen molar-refractivity contribution >= 4 is 17.1 Å². The van der Waals surface area contributed by atoms with Gasteiger partial charge in [0.05, 0.1) is 25.4 Å². The molecule has 8 atom stereocenters. The van der Waals surface area contributed by atoms with E-state index in [9.17, 15) is 15.0 Å². The van der Waals surface area contributed by atoms with Crippen LogP contribution in [0.4, 0.5) is 4.79 Å². The van der Waals surface area contributed by atoms with E-state index in [0.29, 0.717) is 49.2 Å². The van der Waals surface area contributed by atoms with Gasteiger partial charge in [0.2, 0.25) is 0 Å². The largest absolute Gasteiger partial charge is 0.513 e. The average Bonchev–Trinajstić information content (AvgIpc) is 3.41. The van der Waals surface area contributed by atoms with Gasteiger partial charge < -0.3 is 34.1 Å². The summed E-state index contributed by atoms with van der Waals surface area (Å²) in [7, 11) is 0. The highest BCUT2D eigenvalue weighted by Crippen LogP contribution is 2.72.